The number of aromatic nitrogens is 2. The Morgan fingerprint density at radius 2 is 1.86 bits per heavy atom. The van der Waals surface area contributed by atoms with E-state index in [9.17, 15) is 9.59 Å². The van der Waals surface area contributed by atoms with Crippen LogP contribution in [0.3, 0.4) is 0 Å². The largest absolute Gasteiger partial charge is 0.337 e. The number of carbonyl (C=O) groups is 2. The molecule has 0 N–H and O–H groups in total. The van der Waals surface area contributed by atoms with E-state index in [1.165, 1.54) is 11.8 Å². The molecule has 0 unspecified atom stereocenters. The van der Waals surface area contributed by atoms with Gasteiger partial charge in [-0.1, -0.05) is 43.2 Å². The fourth-order valence-electron chi connectivity index (χ4n) is 4.78. The highest BCUT2D eigenvalue weighted by atomic mass is 16.2. The maximum Gasteiger partial charge on any atom is 0.274 e. The lowest BCUT2D eigenvalue weighted by Crippen LogP contribution is -2.51. The van der Waals surface area contributed by atoms with Gasteiger partial charge in [0.15, 0.2) is 0 Å². The van der Waals surface area contributed by atoms with E-state index < -0.39 is 0 Å². The molecule has 0 radical (unpaired) electrons. The van der Waals surface area contributed by atoms with Crippen LogP contribution in [0.5, 0.6) is 0 Å². The number of hydrogen-bond acceptors (Lipinski definition) is 4. The lowest BCUT2D eigenvalue weighted by atomic mass is 9.87. The molecular weight excluding hydrogens is 352 g/mol. The zero-order valence-electron chi connectivity index (χ0n) is 16.2. The first-order valence-corrected chi connectivity index (χ1v) is 10.1. The molecule has 2 aliphatic rings. The Balaban J connectivity index is 1.74. The number of likely N-dealkylation sites (tertiary alicyclic amines) is 2. The quantitative estimate of drug-likeness (QED) is 0.806. The van der Waals surface area contributed by atoms with Gasteiger partial charge >= 0.3 is 0 Å². The van der Waals surface area contributed by atoms with Crippen LogP contribution in [-0.4, -0.2) is 56.8 Å². The molecular formula is C22H26N4O2. The van der Waals surface area contributed by atoms with E-state index in [1.807, 2.05) is 28.0 Å². The van der Waals surface area contributed by atoms with Gasteiger partial charge in [-0.15, -0.1) is 0 Å². The number of carbonyl (C=O) groups excluding carboxylic acids is 2. The second-order valence-corrected chi connectivity index (χ2v) is 7.69. The number of benzene rings is 1. The number of fused-ring (bicyclic) bond motifs is 1. The van der Waals surface area contributed by atoms with Crippen molar-refractivity contribution in [1.82, 2.24) is 19.8 Å². The van der Waals surface area contributed by atoms with Gasteiger partial charge in [-0.2, -0.15) is 0 Å². The van der Waals surface area contributed by atoms with Crippen molar-refractivity contribution in [2.75, 3.05) is 13.1 Å². The number of amides is 2. The Hall–Kier alpha value is -2.76. The molecule has 2 aromatic rings. The summed E-state index contributed by atoms with van der Waals surface area (Å²) < 4.78 is 0. The first kappa shape index (κ1) is 18.6. The van der Waals surface area contributed by atoms with Crippen LogP contribution in [0, 0.1) is 0 Å². The molecule has 2 amide bonds. The third-order valence-electron chi connectivity index (χ3n) is 6.03. The SMILES string of the molecule is CC(=O)N1CCCCC[C@@H]2[C@@H]1[C@H](c1ccccc1)CN2C(=O)c1cnccn1. The molecule has 0 saturated carbocycles. The third-order valence-corrected chi connectivity index (χ3v) is 6.03. The molecule has 1 aromatic carbocycles. The van der Waals surface area contributed by atoms with Crippen molar-refractivity contribution >= 4 is 11.8 Å². The predicted molar refractivity (Wildman–Crippen MR) is 106 cm³/mol. The molecule has 146 valence electrons. The molecule has 28 heavy (non-hydrogen) atoms. The van der Waals surface area contributed by atoms with E-state index in [-0.39, 0.29) is 29.8 Å². The highest BCUT2D eigenvalue weighted by Crippen LogP contribution is 2.39. The Bertz CT molecular complexity index is 827. The van der Waals surface area contributed by atoms with Crippen LogP contribution in [0.2, 0.25) is 0 Å². The van der Waals surface area contributed by atoms with Crippen molar-refractivity contribution in [1.29, 1.82) is 0 Å². The molecule has 0 spiro atoms. The van der Waals surface area contributed by atoms with Crippen molar-refractivity contribution in [3.8, 4) is 0 Å². The van der Waals surface area contributed by atoms with E-state index in [0.29, 0.717) is 12.2 Å². The third kappa shape index (κ3) is 3.51. The minimum atomic E-state index is -0.0920. The fraction of sp³-hybridized carbons (Fsp3) is 0.455. The van der Waals surface area contributed by atoms with Crippen LogP contribution in [0.1, 0.15) is 54.6 Å². The summed E-state index contributed by atoms with van der Waals surface area (Å²) in [6.45, 7) is 3.00. The number of hydrogen-bond donors (Lipinski definition) is 0. The molecule has 1 aromatic heterocycles. The predicted octanol–water partition coefficient (Wildman–Crippen LogP) is 2.88. The van der Waals surface area contributed by atoms with E-state index in [0.717, 1.165) is 32.2 Å². The van der Waals surface area contributed by atoms with Crippen LogP contribution in [0.4, 0.5) is 0 Å². The van der Waals surface area contributed by atoms with Crippen LogP contribution in [0.15, 0.2) is 48.9 Å². The number of rotatable bonds is 2. The lowest BCUT2D eigenvalue weighted by Gasteiger charge is -2.38. The number of nitrogens with zero attached hydrogens (tertiary/aromatic N) is 4. The molecule has 0 bridgehead atoms. The molecule has 3 heterocycles. The van der Waals surface area contributed by atoms with E-state index in [4.69, 9.17) is 0 Å². The van der Waals surface area contributed by atoms with Gasteiger partial charge < -0.3 is 9.80 Å². The molecule has 3 atom stereocenters. The van der Waals surface area contributed by atoms with E-state index >= 15 is 0 Å². The van der Waals surface area contributed by atoms with Gasteiger partial charge in [0.05, 0.1) is 18.3 Å². The summed E-state index contributed by atoms with van der Waals surface area (Å²) in [4.78, 5) is 38.0. The van der Waals surface area contributed by atoms with Gasteiger partial charge in [0.1, 0.15) is 5.69 Å². The first-order valence-electron chi connectivity index (χ1n) is 10.1. The zero-order valence-corrected chi connectivity index (χ0v) is 16.2. The van der Waals surface area contributed by atoms with Crippen LogP contribution in [0.25, 0.3) is 0 Å². The minimum absolute atomic E-state index is 0.000761. The van der Waals surface area contributed by atoms with E-state index in [2.05, 4.69) is 22.1 Å². The standard InChI is InChI=1S/C22H26N4O2/c1-16(27)25-13-7-3-6-10-20-21(25)18(17-8-4-2-5-9-17)15-26(20)22(28)19-14-23-11-12-24-19/h2,4-5,8-9,11-12,14,18,20-21H,3,6-7,10,13,15H2,1H3/t18-,20+,21-/m0/s1. The summed E-state index contributed by atoms with van der Waals surface area (Å²) in [5, 5.41) is 0. The molecule has 6 nitrogen and oxygen atoms in total. The van der Waals surface area contributed by atoms with Gasteiger partial charge in [-0.3, -0.25) is 14.6 Å². The summed E-state index contributed by atoms with van der Waals surface area (Å²) in [5.74, 6) is 0.103. The fourth-order valence-corrected chi connectivity index (χ4v) is 4.78. The molecule has 0 aliphatic carbocycles. The molecule has 2 aliphatic heterocycles. The molecule has 2 saturated heterocycles. The van der Waals surface area contributed by atoms with Crippen molar-refractivity contribution in [2.24, 2.45) is 0 Å². The van der Waals surface area contributed by atoms with Crippen molar-refractivity contribution in [3.05, 3.63) is 60.2 Å². The second kappa shape index (κ2) is 8.09. The topological polar surface area (TPSA) is 66.4 Å². The van der Waals surface area contributed by atoms with E-state index in [1.54, 1.807) is 19.3 Å². The summed E-state index contributed by atoms with van der Waals surface area (Å²) in [6, 6.07) is 10.3. The molecule has 4 rings (SSSR count). The van der Waals surface area contributed by atoms with Crippen LogP contribution >= 0.6 is 0 Å². The normalized spacial score (nSPS) is 25.0. The van der Waals surface area contributed by atoms with Crippen LogP contribution in [-0.2, 0) is 4.79 Å². The van der Waals surface area contributed by atoms with Crippen molar-refractivity contribution < 1.29 is 9.59 Å². The average Bonchev–Trinajstić information content (AvgIpc) is 3.06. The summed E-state index contributed by atoms with van der Waals surface area (Å²) in [7, 11) is 0. The summed E-state index contributed by atoms with van der Waals surface area (Å²) in [5.41, 5.74) is 1.55. The Morgan fingerprint density at radius 3 is 2.57 bits per heavy atom. The maximum atomic E-state index is 13.3. The molecule has 2 fully saturated rings. The zero-order chi connectivity index (χ0) is 19.5. The Kier molecular flexibility index (Phi) is 5.37. The van der Waals surface area contributed by atoms with Gasteiger partial charge in [-0.25, -0.2) is 4.98 Å². The van der Waals surface area contributed by atoms with Gasteiger partial charge in [0.25, 0.3) is 5.91 Å². The smallest absolute Gasteiger partial charge is 0.274 e. The van der Waals surface area contributed by atoms with Crippen molar-refractivity contribution in [2.45, 2.75) is 50.6 Å². The van der Waals surface area contributed by atoms with Gasteiger partial charge in [0.2, 0.25) is 5.91 Å². The summed E-state index contributed by atoms with van der Waals surface area (Å²) >= 11 is 0. The highest BCUT2D eigenvalue weighted by Gasteiger charge is 2.48. The monoisotopic (exact) mass is 378 g/mol. The van der Waals surface area contributed by atoms with Crippen molar-refractivity contribution in [3.63, 3.8) is 0 Å². The van der Waals surface area contributed by atoms with Gasteiger partial charge in [0, 0.05) is 38.3 Å². The Morgan fingerprint density at radius 1 is 1.04 bits per heavy atom. The highest BCUT2D eigenvalue weighted by molar-refractivity contribution is 5.92. The van der Waals surface area contributed by atoms with Gasteiger partial charge in [-0.05, 0) is 18.4 Å². The molecule has 6 heteroatoms. The Labute approximate surface area is 165 Å². The average molecular weight is 378 g/mol. The summed E-state index contributed by atoms with van der Waals surface area (Å²) in [6.07, 6.45) is 8.72. The first-order chi connectivity index (χ1) is 13.7. The minimum Gasteiger partial charge on any atom is -0.337 e. The second-order valence-electron chi connectivity index (χ2n) is 7.69. The lowest BCUT2D eigenvalue weighted by molar-refractivity contribution is -0.132. The van der Waals surface area contributed by atoms with Crippen LogP contribution < -0.4 is 0 Å². The maximum absolute atomic E-state index is 13.3.